The quantitative estimate of drug-likeness (QED) is 0.765. The minimum atomic E-state index is -0.358. The van der Waals surface area contributed by atoms with Crippen LogP contribution in [-0.4, -0.2) is 31.2 Å². The molecular formula is C19H30N2O3. The van der Waals surface area contributed by atoms with E-state index in [-0.39, 0.29) is 17.6 Å². The highest BCUT2D eigenvalue weighted by molar-refractivity contribution is 5.95. The third kappa shape index (κ3) is 4.20. The predicted molar refractivity (Wildman–Crippen MR) is 95.7 cm³/mol. The Balaban J connectivity index is 2.14. The summed E-state index contributed by atoms with van der Waals surface area (Å²) in [6.45, 7) is 4.50. The van der Waals surface area contributed by atoms with Gasteiger partial charge in [0.15, 0.2) is 11.5 Å². The summed E-state index contributed by atoms with van der Waals surface area (Å²) < 4.78 is 11.4. The van der Waals surface area contributed by atoms with E-state index in [0.717, 1.165) is 25.7 Å². The van der Waals surface area contributed by atoms with Gasteiger partial charge < -0.3 is 20.5 Å². The fourth-order valence-corrected chi connectivity index (χ4v) is 3.17. The van der Waals surface area contributed by atoms with Crippen molar-refractivity contribution in [2.75, 3.05) is 13.7 Å². The third-order valence-corrected chi connectivity index (χ3v) is 5.14. The number of benzene rings is 1. The van der Waals surface area contributed by atoms with Crippen molar-refractivity contribution in [1.29, 1.82) is 0 Å². The molecule has 3 N–H and O–H groups in total. The van der Waals surface area contributed by atoms with Crippen LogP contribution < -0.4 is 20.5 Å². The summed E-state index contributed by atoms with van der Waals surface area (Å²) >= 11 is 0. The summed E-state index contributed by atoms with van der Waals surface area (Å²) in [5.41, 5.74) is 6.07. The molecule has 134 valence electrons. The van der Waals surface area contributed by atoms with Crippen LogP contribution in [0, 0.1) is 0 Å². The molecule has 0 aromatic heterocycles. The highest BCUT2D eigenvalue weighted by Gasteiger charge is 2.27. The Morgan fingerprint density at radius 3 is 2.46 bits per heavy atom. The monoisotopic (exact) mass is 334 g/mol. The Kier molecular flexibility index (Phi) is 6.49. The van der Waals surface area contributed by atoms with Crippen molar-refractivity contribution >= 4 is 5.91 Å². The van der Waals surface area contributed by atoms with Crippen LogP contribution >= 0.6 is 0 Å². The lowest BCUT2D eigenvalue weighted by molar-refractivity contribution is 0.0895. The minimum absolute atomic E-state index is 0.130. The van der Waals surface area contributed by atoms with Crippen molar-refractivity contribution < 1.29 is 14.3 Å². The first-order valence-electron chi connectivity index (χ1n) is 8.94. The topological polar surface area (TPSA) is 73.6 Å². The third-order valence-electron chi connectivity index (χ3n) is 5.14. The smallest absolute Gasteiger partial charge is 0.251 e. The molecule has 1 aromatic carbocycles. The largest absolute Gasteiger partial charge is 0.493 e. The number of carbonyl (C=O) groups excluding carboxylic acids is 1. The van der Waals surface area contributed by atoms with Gasteiger partial charge in [-0.15, -0.1) is 0 Å². The molecule has 1 fully saturated rings. The number of hydrogen-bond acceptors (Lipinski definition) is 4. The molecule has 0 radical (unpaired) electrons. The summed E-state index contributed by atoms with van der Waals surface area (Å²) in [6, 6.07) is 5.36. The zero-order valence-corrected chi connectivity index (χ0v) is 15.1. The van der Waals surface area contributed by atoms with Gasteiger partial charge in [-0.3, -0.25) is 4.79 Å². The van der Waals surface area contributed by atoms with Crippen molar-refractivity contribution in [2.24, 2.45) is 5.73 Å². The molecule has 1 amide bonds. The number of methoxy groups -OCH3 is 1. The van der Waals surface area contributed by atoms with Gasteiger partial charge in [0, 0.05) is 12.1 Å². The van der Waals surface area contributed by atoms with E-state index in [4.69, 9.17) is 15.2 Å². The van der Waals surface area contributed by atoms with Gasteiger partial charge in [-0.05, 0) is 56.7 Å². The van der Waals surface area contributed by atoms with E-state index in [9.17, 15) is 4.79 Å². The molecule has 0 heterocycles. The second-order valence-corrected chi connectivity index (χ2v) is 6.54. The van der Waals surface area contributed by atoms with Gasteiger partial charge in [0.2, 0.25) is 0 Å². The lowest BCUT2D eigenvalue weighted by Gasteiger charge is -2.31. The van der Waals surface area contributed by atoms with Gasteiger partial charge in [0.1, 0.15) is 0 Å². The summed E-state index contributed by atoms with van der Waals surface area (Å²) in [5.74, 6) is 1.17. The Labute approximate surface area is 144 Å². The maximum absolute atomic E-state index is 12.6. The molecule has 0 atom stereocenters. The molecule has 24 heavy (non-hydrogen) atoms. The van der Waals surface area contributed by atoms with Crippen LogP contribution in [-0.2, 0) is 0 Å². The molecule has 2 rings (SSSR count). The van der Waals surface area contributed by atoms with Crippen LogP contribution in [0.1, 0.15) is 62.7 Å². The lowest BCUT2D eigenvalue weighted by atomic mass is 9.92. The summed E-state index contributed by atoms with van der Waals surface area (Å²) in [4.78, 5) is 12.6. The van der Waals surface area contributed by atoms with E-state index in [1.54, 1.807) is 19.2 Å². The standard InChI is InChI=1S/C19H30N2O3/c1-4-19(5-2,13-20)21-18(22)14-10-11-16(17(12-14)23-3)24-15-8-6-7-9-15/h10-12,15H,4-9,13,20H2,1-3H3,(H,21,22). The number of hydrogen-bond donors (Lipinski definition) is 2. The summed E-state index contributed by atoms with van der Waals surface area (Å²) in [7, 11) is 1.60. The lowest BCUT2D eigenvalue weighted by Crippen LogP contribution is -2.52. The maximum Gasteiger partial charge on any atom is 0.251 e. The van der Waals surface area contributed by atoms with Crippen LogP contribution in [0.2, 0.25) is 0 Å². The van der Waals surface area contributed by atoms with Crippen molar-refractivity contribution in [3.63, 3.8) is 0 Å². The number of amides is 1. The van der Waals surface area contributed by atoms with Crippen molar-refractivity contribution in [3.05, 3.63) is 23.8 Å². The Morgan fingerprint density at radius 1 is 1.25 bits per heavy atom. The molecule has 1 aliphatic rings. The predicted octanol–water partition coefficient (Wildman–Crippen LogP) is 3.26. The van der Waals surface area contributed by atoms with Gasteiger partial charge in [-0.1, -0.05) is 13.8 Å². The average Bonchev–Trinajstić information content (AvgIpc) is 3.13. The molecule has 0 saturated heterocycles. The Morgan fingerprint density at radius 2 is 1.92 bits per heavy atom. The molecule has 0 bridgehead atoms. The molecule has 1 aliphatic carbocycles. The van der Waals surface area contributed by atoms with Crippen LogP contribution in [0.15, 0.2) is 18.2 Å². The molecular weight excluding hydrogens is 304 g/mol. The van der Waals surface area contributed by atoms with E-state index in [1.165, 1.54) is 12.8 Å². The number of ether oxygens (including phenoxy) is 2. The van der Waals surface area contributed by atoms with E-state index in [0.29, 0.717) is 23.6 Å². The molecule has 0 unspecified atom stereocenters. The average molecular weight is 334 g/mol. The molecule has 1 aromatic rings. The molecule has 5 heteroatoms. The summed E-state index contributed by atoms with van der Waals surface area (Å²) in [6.07, 6.45) is 6.43. The zero-order valence-electron chi connectivity index (χ0n) is 15.1. The zero-order chi connectivity index (χ0) is 17.6. The number of carbonyl (C=O) groups is 1. The van der Waals surface area contributed by atoms with Crippen LogP contribution in [0.4, 0.5) is 0 Å². The normalized spacial score (nSPS) is 15.3. The number of nitrogens with two attached hydrogens (primary N) is 1. The molecule has 1 saturated carbocycles. The van der Waals surface area contributed by atoms with Crippen LogP contribution in [0.5, 0.6) is 11.5 Å². The first kappa shape index (κ1) is 18.6. The number of rotatable bonds is 8. The second-order valence-electron chi connectivity index (χ2n) is 6.54. The van der Waals surface area contributed by atoms with Crippen LogP contribution in [0.25, 0.3) is 0 Å². The van der Waals surface area contributed by atoms with E-state index < -0.39 is 0 Å². The van der Waals surface area contributed by atoms with Crippen molar-refractivity contribution in [2.45, 2.75) is 64.0 Å². The molecule has 5 nitrogen and oxygen atoms in total. The molecule has 0 spiro atoms. The van der Waals surface area contributed by atoms with E-state index in [1.807, 2.05) is 19.9 Å². The Bertz CT molecular complexity index is 541. The van der Waals surface area contributed by atoms with Gasteiger partial charge in [-0.25, -0.2) is 0 Å². The van der Waals surface area contributed by atoms with Gasteiger partial charge in [-0.2, -0.15) is 0 Å². The van der Waals surface area contributed by atoms with Gasteiger partial charge in [0.05, 0.1) is 18.8 Å². The first-order valence-corrected chi connectivity index (χ1v) is 8.94. The van der Waals surface area contributed by atoms with Crippen molar-refractivity contribution in [3.8, 4) is 11.5 Å². The fourth-order valence-electron chi connectivity index (χ4n) is 3.17. The maximum atomic E-state index is 12.6. The minimum Gasteiger partial charge on any atom is -0.493 e. The molecule has 0 aliphatic heterocycles. The highest BCUT2D eigenvalue weighted by Crippen LogP contribution is 2.32. The first-order chi connectivity index (χ1) is 11.6. The summed E-state index contributed by atoms with van der Waals surface area (Å²) in [5, 5.41) is 3.08. The second kappa shape index (κ2) is 8.38. The fraction of sp³-hybridized carbons (Fsp3) is 0.632. The Hall–Kier alpha value is -1.75. The van der Waals surface area contributed by atoms with E-state index >= 15 is 0 Å². The highest BCUT2D eigenvalue weighted by atomic mass is 16.5. The van der Waals surface area contributed by atoms with E-state index in [2.05, 4.69) is 5.32 Å². The SMILES string of the molecule is CCC(CC)(CN)NC(=O)c1ccc(OC2CCCC2)c(OC)c1. The van der Waals surface area contributed by atoms with Crippen molar-refractivity contribution in [1.82, 2.24) is 5.32 Å². The van der Waals surface area contributed by atoms with Crippen LogP contribution in [0.3, 0.4) is 0 Å². The number of nitrogens with one attached hydrogen (secondary N) is 1. The van der Waals surface area contributed by atoms with Gasteiger partial charge in [0.25, 0.3) is 5.91 Å². The van der Waals surface area contributed by atoms with Gasteiger partial charge >= 0.3 is 0 Å².